The van der Waals surface area contributed by atoms with E-state index in [0.717, 1.165) is 0 Å². The molecule has 256 valence electrons. The van der Waals surface area contributed by atoms with Crippen LogP contribution in [0.15, 0.2) is 85.4 Å². The fraction of sp³-hybridized carbons (Fsp3) is 0.600. The second-order valence-electron chi connectivity index (χ2n) is 12.9. The Hall–Kier alpha value is 0.509. The number of hydrogen-bond acceptors (Lipinski definition) is 0. The maximum atomic E-state index is 2.46. The molecule has 0 aliphatic heterocycles. The van der Waals surface area contributed by atoms with Gasteiger partial charge in [-0.15, -0.1) is 0 Å². The van der Waals surface area contributed by atoms with Crippen molar-refractivity contribution in [1.29, 1.82) is 0 Å². The summed E-state index contributed by atoms with van der Waals surface area (Å²) in [6.07, 6.45) is 39.2. The molecule has 4 aliphatic rings. The van der Waals surface area contributed by atoms with Gasteiger partial charge in [0.1, 0.15) is 0 Å². The van der Waals surface area contributed by atoms with Gasteiger partial charge in [0, 0.05) is 0 Å². The molecular formula is C40H60Cl4Ti2. The number of allylic oxidation sites excluding steroid dienone is 16. The molecule has 46 heavy (non-hydrogen) atoms. The van der Waals surface area contributed by atoms with Gasteiger partial charge < -0.3 is 49.6 Å². The number of hydrogen-bond donors (Lipinski definition) is 0. The summed E-state index contributed by atoms with van der Waals surface area (Å²) in [5.74, 6) is 0. The molecule has 0 unspecified atom stereocenters. The Bertz CT molecular complexity index is 1060. The van der Waals surface area contributed by atoms with E-state index >= 15 is 0 Å². The van der Waals surface area contributed by atoms with E-state index in [-0.39, 0.29) is 87.9 Å². The maximum Gasteiger partial charge on any atom is -1.00 e. The summed E-state index contributed by atoms with van der Waals surface area (Å²) in [4.78, 5) is 0. The Morgan fingerprint density at radius 2 is 0.804 bits per heavy atom. The molecule has 0 atom stereocenters. The van der Waals surface area contributed by atoms with E-state index in [0.29, 0.717) is 0 Å². The molecule has 0 N–H and O–H groups in total. The molecule has 0 aromatic rings. The van der Waals surface area contributed by atoms with E-state index in [2.05, 4.69) is 78.0 Å². The van der Waals surface area contributed by atoms with Gasteiger partial charge in [-0.25, -0.2) is 0 Å². The van der Waals surface area contributed by atoms with Crippen LogP contribution < -0.4 is 49.6 Å². The van der Waals surface area contributed by atoms with Gasteiger partial charge in [0.05, 0.1) is 0 Å². The molecule has 0 heterocycles. The van der Waals surface area contributed by atoms with Gasteiger partial charge >= 0.3 is 281 Å². The van der Waals surface area contributed by atoms with E-state index < -0.39 is 0 Å². The predicted octanol–water partition coefficient (Wildman–Crippen LogP) is 1.33. The van der Waals surface area contributed by atoms with Gasteiger partial charge in [-0.1, -0.05) is 0 Å². The third-order valence-corrected chi connectivity index (χ3v) is 14.9. The van der Waals surface area contributed by atoms with Gasteiger partial charge in [0.25, 0.3) is 0 Å². The summed E-state index contributed by atoms with van der Waals surface area (Å²) in [6.45, 7) is 13.7. The van der Waals surface area contributed by atoms with Crippen LogP contribution in [0, 0.1) is 0 Å². The standard InChI is InChI=1S/2C13H21.2C7H9.4ClH.2Ti/c2*1-2-3-4-5-6-7-10-13-11-8-9-12-13;2*1-6-4-3-5-7(6)2;;;;;;/h2*8,11H,2-7,9-10H2,1H3;2*4H,3H2,1-2H3;4*1H;;/q;;;;;;;;2*+2/p-4. The van der Waals surface area contributed by atoms with Crippen LogP contribution in [0.25, 0.3) is 0 Å². The van der Waals surface area contributed by atoms with E-state index in [1.807, 2.05) is 7.76 Å². The molecule has 0 saturated carbocycles. The molecule has 0 saturated heterocycles. The number of halogens is 4. The normalized spacial score (nSPS) is 16.2. The van der Waals surface area contributed by atoms with Crippen LogP contribution in [0.2, 0.25) is 0 Å². The van der Waals surface area contributed by atoms with E-state index in [1.54, 1.807) is 30.0 Å². The minimum atomic E-state index is -0.0478. The molecule has 4 rings (SSSR count). The fourth-order valence-corrected chi connectivity index (χ4v) is 11.1. The van der Waals surface area contributed by atoms with Crippen LogP contribution in [-0.2, 0) is 38.3 Å². The summed E-state index contributed by atoms with van der Waals surface area (Å²) < 4.78 is 7.21. The molecule has 0 amide bonds. The van der Waals surface area contributed by atoms with E-state index in [9.17, 15) is 0 Å². The van der Waals surface area contributed by atoms with Crippen LogP contribution >= 0.6 is 0 Å². The van der Waals surface area contributed by atoms with Crippen molar-refractivity contribution < 1.29 is 87.9 Å². The van der Waals surface area contributed by atoms with Gasteiger partial charge in [0.2, 0.25) is 0 Å². The molecule has 4 aliphatic carbocycles. The zero-order valence-corrected chi connectivity index (χ0v) is 35.9. The molecule has 0 bridgehead atoms. The molecule has 0 aromatic carbocycles. The average molecular weight is 778 g/mol. The maximum absolute atomic E-state index is 2.46. The summed E-state index contributed by atoms with van der Waals surface area (Å²) in [7, 11) is 0. The molecular weight excluding hydrogens is 718 g/mol. The van der Waals surface area contributed by atoms with Crippen molar-refractivity contribution in [3.05, 3.63) is 85.4 Å². The van der Waals surface area contributed by atoms with Crippen molar-refractivity contribution in [3.63, 3.8) is 0 Å². The zero-order chi connectivity index (χ0) is 30.2. The summed E-state index contributed by atoms with van der Waals surface area (Å²) in [5, 5.41) is 0. The van der Waals surface area contributed by atoms with E-state index in [4.69, 9.17) is 0 Å². The first-order valence-electron chi connectivity index (χ1n) is 17.5. The largest absolute Gasteiger partial charge is 1.00 e. The van der Waals surface area contributed by atoms with Crippen molar-refractivity contribution in [2.45, 2.75) is 157 Å². The van der Waals surface area contributed by atoms with Crippen LogP contribution in [0.5, 0.6) is 0 Å². The van der Waals surface area contributed by atoms with E-state index in [1.165, 1.54) is 127 Å². The summed E-state index contributed by atoms with van der Waals surface area (Å²) in [6, 6.07) is 0. The first-order valence-corrected chi connectivity index (χ1v) is 20.6. The number of rotatable bonds is 18. The van der Waals surface area contributed by atoms with Gasteiger partial charge in [-0.05, 0) is 0 Å². The third kappa shape index (κ3) is 16.9. The minimum absolute atomic E-state index is 0. The molecule has 0 fully saturated rings. The van der Waals surface area contributed by atoms with Crippen molar-refractivity contribution in [2.24, 2.45) is 0 Å². The van der Waals surface area contributed by atoms with Gasteiger partial charge in [-0.2, -0.15) is 0 Å². The van der Waals surface area contributed by atoms with Crippen LogP contribution in [-0.4, -0.2) is 0 Å². The van der Waals surface area contributed by atoms with Crippen molar-refractivity contribution in [3.8, 4) is 0 Å². The summed E-state index contributed by atoms with van der Waals surface area (Å²) >= 11 is -0.0537. The molecule has 0 radical (unpaired) electrons. The van der Waals surface area contributed by atoms with Crippen LogP contribution in [0.1, 0.15) is 157 Å². The molecule has 6 heteroatoms. The SMILES string of the molecule is CC1=CC[C]([Ti+2][C]2=C(C)C(C)=CC2)=C1C.CCCCCCCCC1=[C]([Ti+2][C]2=C(CCCCCCCC)C=CC2)CC=C1.[Cl-].[Cl-].[Cl-].[Cl-]. The van der Waals surface area contributed by atoms with Crippen molar-refractivity contribution >= 4 is 0 Å². The average Bonchev–Trinajstić information content (AvgIpc) is 3.77. The van der Waals surface area contributed by atoms with Crippen molar-refractivity contribution in [1.82, 2.24) is 0 Å². The summed E-state index contributed by atoms with van der Waals surface area (Å²) in [5.41, 5.74) is 9.64. The Labute approximate surface area is 327 Å². The second-order valence-corrected chi connectivity index (χ2v) is 17.4. The second kappa shape index (κ2) is 28.2. The minimum Gasteiger partial charge on any atom is -1.00 e. The molecule has 0 aromatic heterocycles. The Morgan fingerprint density at radius 1 is 0.457 bits per heavy atom. The first-order chi connectivity index (χ1) is 20.4. The molecule has 0 spiro atoms. The van der Waals surface area contributed by atoms with Gasteiger partial charge in [-0.3, -0.25) is 0 Å². The van der Waals surface area contributed by atoms with Crippen molar-refractivity contribution in [2.75, 3.05) is 0 Å². The topological polar surface area (TPSA) is 0 Å². The quantitative estimate of drug-likeness (QED) is 0.146. The Balaban J connectivity index is 0. The zero-order valence-electron chi connectivity index (χ0n) is 29.7. The first kappa shape index (κ1) is 48.6. The van der Waals surface area contributed by atoms with Crippen LogP contribution in [0.3, 0.4) is 0 Å². The number of unbranched alkanes of at least 4 members (excludes halogenated alkanes) is 10. The van der Waals surface area contributed by atoms with Crippen LogP contribution in [0.4, 0.5) is 0 Å². The Kier molecular flexibility index (Phi) is 29.8. The van der Waals surface area contributed by atoms with Gasteiger partial charge in [0.15, 0.2) is 0 Å². The Morgan fingerprint density at radius 3 is 1.15 bits per heavy atom. The smallest absolute Gasteiger partial charge is 1.00 e. The molecule has 0 nitrogen and oxygen atoms in total. The predicted molar refractivity (Wildman–Crippen MR) is 180 cm³/mol. The fourth-order valence-electron chi connectivity index (χ4n) is 6.28. The third-order valence-electron chi connectivity index (χ3n) is 9.57. The monoisotopic (exact) mass is 776 g/mol.